The first kappa shape index (κ1) is 18.9. The molecule has 1 aromatic carbocycles. The fourth-order valence-electron chi connectivity index (χ4n) is 1.91. The predicted octanol–water partition coefficient (Wildman–Crippen LogP) is 3.02. The third-order valence-electron chi connectivity index (χ3n) is 3.24. The van der Waals surface area contributed by atoms with Gasteiger partial charge in [0.15, 0.2) is 0 Å². The number of halogens is 1. The molecule has 3 nitrogen and oxygen atoms in total. The van der Waals surface area contributed by atoms with E-state index in [9.17, 15) is 4.79 Å². The van der Waals surface area contributed by atoms with E-state index in [0.29, 0.717) is 18.9 Å². The molecule has 0 aliphatic rings. The summed E-state index contributed by atoms with van der Waals surface area (Å²) in [6.07, 6.45) is 3.30. The highest BCUT2D eigenvalue weighted by Crippen LogP contribution is 2.15. The van der Waals surface area contributed by atoms with Crippen LogP contribution in [-0.4, -0.2) is 19.0 Å². The standard InChI is InChI=1S/C16H26N2O.ClH/c1-13(2)15-8-5-14(6-9-15)7-10-16(19)18-12-4-3-11-17;/h5-6,8-9,13H,3-4,7,10-12,17H2,1-2H3,(H,18,19);1H. The van der Waals surface area contributed by atoms with Gasteiger partial charge in [-0.1, -0.05) is 38.1 Å². The lowest BCUT2D eigenvalue weighted by atomic mass is 10.0. The lowest BCUT2D eigenvalue weighted by molar-refractivity contribution is -0.121. The second-order valence-electron chi connectivity index (χ2n) is 5.24. The van der Waals surface area contributed by atoms with E-state index in [0.717, 1.165) is 25.8 Å². The van der Waals surface area contributed by atoms with Crippen LogP contribution in [-0.2, 0) is 11.2 Å². The quantitative estimate of drug-likeness (QED) is 0.725. The van der Waals surface area contributed by atoms with Crippen molar-refractivity contribution in [2.45, 2.75) is 45.4 Å². The van der Waals surface area contributed by atoms with E-state index >= 15 is 0 Å². The van der Waals surface area contributed by atoms with Gasteiger partial charge in [0.05, 0.1) is 0 Å². The lowest BCUT2D eigenvalue weighted by Gasteiger charge is -2.07. The van der Waals surface area contributed by atoms with Gasteiger partial charge < -0.3 is 11.1 Å². The molecule has 1 amide bonds. The Morgan fingerprint density at radius 2 is 1.85 bits per heavy atom. The van der Waals surface area contributed by atoms with E-state index in [1.807, 2.05) is 0 Å². The zero-order valence-electron chi connectivity index (χ0n) is 12.5. The Morgan fingerprint density at radius 1 is 1.20 bits per heavy atom. The van der Waals surface area contributed by atoms with E-state index < -0.39 is 0 Å². The minimum Gasteiger partial charge on any atom is -0.356 e. The summed E-state index contributed by atoms with van der Waals surface area (Å²) >= 11 is 0. The van der Waals surface area contributed by atoms with Gasteiger partial charge in [-0.25, -0.2) is 0 Å². The fraction of sp³-hybridized carbons (Fsp3) is 0.562. The average Bonchev–Trinajstić information content (AvgIpc) is 2.42. The summed E-state index contributed by atoms with van der Waals surface area (Å²) in [5.41, 5.74) is 7.97. The van der Waals surface area contributed by atoms with Gasteiger partial charge in [0, 0.05) is 13.0 Å². The number of nitrogens with two attached hydrogens (primary N) is 1. The van der Waals surface area contributed by atoms with Gasteiger partial charge in [-0.2, -0.15) is 0 Å². The van der Waals surface area contributed by atoms with Crippen LogP contribution in [0.3, 0.4) is 0 Å². The summed E-state index contributed by atoms with van der Waals surface area (Å²) in [6, 6.07) is 8.55. The number of carbonyl (C=O) groups excluding carboxylic acids is 1. The van der Waals surface area contributed by atoms with Crippen LogP contribution in [0.2, 0.25) is 0 Å². The van der Waals surface area contributed by atoms with E-state index in [2.05, 4.69) is 43.4 Å². The van der Waals surface area contributed by atoms with Gasteiger partial charge >= 0.3 is 0 Å². The molecule has 4 heteroatoms. The van der Waals surface area contributed by atoms with E-state index in [-0.39, 0.29) is 18.3 Å². The van der Waals surface area contributed by atoms with Crippen LogP contribution in [0.25, 0.3) is 0 Å². The Bertz CT molecular complexity index is 377. The molecule has 20 heavy (non-hydrogen) atoms. The molecular weight excluding hydrogens is 272 g/mol. The van der Waals surface area contributed by atoms with Crippen molar-refractivity contribution in [3.05, 3.63) is 35.4 Å². The highest BCUT2D eigenvalue weighted by Gasteiger charge is 2.03. The van der Waals surface area contributed by atoms with Gasteiger partial charge in [-0.15, -0.1) is 12.4 Å². The topological polar surface area (TPSA) is 55.1 Å². The Morgan fingerprint density at radius 3 is 2.40 bits per heavy atom. The largest absolute Gasteiger partial charge is 0.356 e. The van der Waals surface area contributed by atoms with Crippen LogP contribution < -0.4 is 11.1 Å². The van der Waals surface area contributed by atoms with Crippen LogP contribution in [0.5, 0.6) is 0 Å². The molecule has 114 valence electrons. The van der Waals surface area contributed by atoms with Crippen LogP contribution in [0.1, 0.15) is 50.2 Å². The van der Waals surface area contributed by atoms with Crippen LogP contribution >= 0.6 is 12.4 Å². The second-order valence-corrected chi connectivity index (χ2v) is 5.24. The Hall–Kier alpha value is -1.06. The number of rotatable bonds is 8. The molecule has 0 aliphatic heterocycles. The minimum absolute atomic E-state index is 0. The van der Waals surface area contributed by atoms with Gasteiger partial charge in [0.1, 0.15) is 0 Å². The zero-order valence-corrected chi connectivity index (χ0v) is 13.3. The third-order valence-corrected chi connectivity index (χ3v) is 3.24. The Balaban J connectivity index is 0.00000361. The van der Waals surface area contributed by atoms with E-state index in [1.54, 1.807) is 0 Å². The molecule has 0 aromatic heterocycles. The van der Waals surface area contributed by atoms with Gasteiger partial charge in [0.2, 0.25) is 5.91 Å². The summed E-state index contributed by atoms with van der Waals surface area (Å²) in [7, 11) is 0. The number of amides is 1. The summed E-state index contributed by atoms with van der Waals surface area (Å²) in [5, 5.41) is 2.92. The van der Waals surface area contributed by atoms with E-state index in [1.165, 1.54) is 11.1 Å². The first-order chi connectivity index (χ1) is 9.13. The van der Waals surface area contributed by atoms with Crippen LogP contribution in [0.4, 0.5) is 0 Å². The lowest BCUT2D eigenvalue weighted by Crippen LogP contribution is -2.25. The molecular formula is C16H27ClN2O. The summed E-state index contributed by atoms with van der Waals surface area (Å²) in [6.45, 7) is 5.80. The molecule has 0 bridgehead atoms. The number of benzene rings is 1. The zero-order chi connectivity index (χ0) is 14.1. The maximum atomic E-state index is 11.6. The monoisotopic (exact) mass is 298 g/mol. The molecule has 0 radical (unpaired) electrons. The molecule has 0 atom stereocenters. The first-order valence-corrected chi connectivity index (χ1v) is 7.19. The predicted molar refractivity (Wildman–Crippen MR) is 87.4 cm³/mol. The Labute approximate surface area is 128 Å². The second kappa shape index (κ2) is 10.7. The molecule has 0 saturated carbocycles. The maximum Gasteiger partial charge on any atom is 0.220 e. The first-order valence-electron chi connectivity index (χ1n) is 7.19. The summed E-state index contributed by atoms with van der Waals surface area (Å²) in [4.78, 5) is 11.6. The van der Waals surface area contributed by atoms with Crippen molar-refractivity contribution in [2.24, 2.45) is 5.73 Å². The van der Waals surface area contributed by atoms with Crippen molar-refractivity contribution >= 4 is 18.3 Å². The van der Waals surface area contributed by atoms with Crippen molar-refractivity contribution in [3.8, 4) is 0 Å². The molecule has 0 fully saturated rings. The van der Waals surface area contributed by atoms with E-state index in [4.69, 9.17) is 5.73 Å². The van der Waals surface area contributed by atoms with Crippen LogP contribution in [0, 0.1) is 0 Å². The highest BCUT2D eigenvalue weighted by atomic mass is 35.5. The van der Waals surface area contributed by atoms with Gasteiger partial charge in [0.25, 0.3) is 0 Å². The van der Waals surface area contributed by atoms with Crippen molar-refractivity contribution in [1.29, 1.82) is 0 Å². The van der Waals surface area contributed by atoms with Crippen molar-refractivity contribution in [3.63, 3.8) is 0 Å². The molecule has 0 unspecified atom stereocenters. The molecule has 1 rings (SSSR count). The van der Waals surface area contributed by atoms with Crippen molar-refractivity contribution < 1.29 is 4.79 Å². The van der Waals surface area contributed by atoms with Crippen molar-refractivity contribution in [2.75, 3.05) is 13.1 Å². The summed E-state index contributed by atoms with van der Waals surface area (Å²) < 4.78 is 0. The molecule has 0 saturated heterocycles. The van der Waals surface area contributed by atoms with Crippen LogP contribution in [0.15, 0.2) is 24.3 Å². The third kappa shape index (κ3) is 7.51. The maximum absolute atomic E-state index is 11.6. The number of hydrogen-bond donors (Lipinski definition) is 2. The number of nitrogens with one attached hydrogen (secondary N) is 1. The fourth-order valence-corrected chi connectivity index (χ4v) is 1.91. The van der Waals surface area contributed by atoms with Gasteiger partial charge in [-0.05, 0) is 42.9 Å². The molecule has 3 N–H and O–H groups in total. The average molecular weight is 299 g/mol. The number of hydrogen-bond acceptors (Lipinski definition) is 2. The Kier molecular flexibility index (Phi) is 10.1. The normalized spacial score (nSPS) is 10.2. The number of aryl methyl sites for hydroxylation is 1. The molecule has 0 spiro atoms. The number of carbonyl (C=O) groups is 1. The van der Waals surface area contributed by atoms with Crippen molar-refractivity contribution in [1.82, 2.24) is 5.32 Å². The minimum atomic E-state index is 0. The molecule has 0 aliphatic carbocycles. The highest BCUT2D eigenvalue weighted by molar-refractivity contribution is 5.85. The SMILES string of the molecule is CC(C)c1ccc(CCC(=O)NCCCCN)cc1.Cl. The smallest absolute Gasteiger partial charge is 0.220 e. The molecule has 1 aromatic rings. The van der Waals surface area contributed by atoms with Gasteiger partial charge in [-0.3, -0.25) is 4.79 Å². The molecule has 0 heterocycles. The summed E-state index contributed by atoms with van der Waals surface area (Å²) in [5.74, 6) is 0.685. The number of unbranched alkanes of at least 4 members (excludes halogenated alkanes) is 1.